The van der Waals surface area contributed by atoms with E-state index in [1.165, 1.54) is 16.8 Å². The molecule has 0 aliphatic rings. The second-order valence-electron chi connectivity index (χ2n) is 8.93. The van der Waals surface area contributed by atoms with Crippen LogP contribution in [0.5, 0.6) is 0 Å². The Labute approximate surface area is 210 Å². The van der Waals surface area contributed by atoms with Crippen molar-refractivity contribution >= 4 is 34.2 Å². The number of benzene rings is 3. The molecule has 0 fully saturated rings. The Morgan fingerprint density at radius 1 is 0.886 bits per heavy atom. The maximum atomic E-state index is 13.1. The van der Waals surface area contributed by atoms with Gasteiger partial charge in [0, 0.05) is 45.5 Å². The average molecular weight is 483 g/mol. The molecule has 0 atom stereocenters. The first-order valence-electron chi connectivity index (χ1n) is 11.6. The van der Waals surface area contributed by atoms with E-state index >= 15 is 0 Å². The molecule has 6 heteroatoms. The van der Waals surface area contributed by atoms with E-state index in [-0.39, 0.29) is 5.91 Å². The third-order valence-electron chi connectivity index (χ3n) is 6.53. The van der Waals surface area contributed by atoms with Crippen LogP contribution in [0.3, 0.4) is 0 Å². The van der Waals surface area contributed by atoms with Crippen molar-refractivity contribution in [1.82, 2.24) is 14.3 Å². The third-order valence-corrected chi connectivity index (χ3v) is 6.76. The van der Waals surface area contributed by atoms with E-state index in [0.717, 1.165) is 28.7 Å². The average Bonchev–Trinajstić information content (AvgIpc) is 3.30. The van der Waals surface area contributed by atoms with Crippen LogP contribution in [0.25, 0.3) is 10.9 Å². The molecular weight excluding hydrogens is 456 g/mol. The van der Waals surface area contributed by atoms with Crippen molar-refractivity contribution in [2.45, 2.75) is 33.9 Å². The number of halogens is 1. The molecule has 0 saturated heterocycles. The second-order valence-corrected chi connectivity index (χ2v) is 9.36. The quantitative estimate of drug-likeness (QED) is 0.290. The summed E-state index contributed by atoms with van der Waals surface area (Å²) in [6.07, 6.45) is 0. The summed E-state index contributed by atoms with van der Waals surface area (Å²) in [5, 5.41) is 9.33. The Morgan fingerprint density at radius 3 is 2.43 bits per heavy atom. The van der Waals surface area contributed by atoms with Crippen LogP contribution in [0.15, 0.2) is 78.9 Å². The number of carbonyl (C=O) groups excluding carboxylic acids is 1. The van der Waals surface area contributed by atoms with E-state index in [4.69, 9.17) is 11.6 Å². The van der Waals surface area contributed by atoms with Crippen LogP contribution in [0.1, 0.15) is 38.4 Å². The van der Waals surface area contributed by atoms with Gasteiger partial charge in [0.05, 0.1) is 6.54 Å². The summed E-state index contributed by atoms with van der Waals surface area (Å²) in [6, 6.07) is 25.9. The molecule has 5 aromatic rings. The molecule has 5 rings (SSSR count). The molecule has 35 heavy (non-hydrogen) atoms. The highest BCUT2D eigenvalue weighted by Gasteiger charge is 2.16. The lowest BCUT2D eigenvalue weighted by Gasteiger charge is -2.09. The lowest BCUT2D eigenvalue weighted by Crippen LogP contribution is -2.13. The normalized spacial score (nSPS) is 11.2. The first-order valence-corrected chi connectivity index (χ1v) is 12.0. The van der Waals surface area contributed by atoms with E-state index in [0.29, 0.717) is 22.9 Å². The number of fused-ring (bicyclic) bond motifs is 1. The topological polar surface area (TPSA) is 51.9 Å². The van der Waals surface area contributed by atoms with Gasteiger partial charge in [-0.3, -0.25) is 9.48 Å². The van der Waals surface area contributed by atoms with Gasteiger partial charge in [0.25, 0.3) is 5.91 Å². The van der Waals surface area contributed by atoms with Gasteiger partial charge in [-0.1, -0.05) is 54.1 Å². The van der Waals surface area contributed by atoms with E-state index < -0.39 is 0 Å². The molecule has 2 aromatic heterocycles. The van der Waals surface area contributed by atoms with Crippen LogP contribution < -0.4 is 5.32 Å². The summed E-state index contributed by atoms with van der Waals surface area (Å²) >= 11 is 6.11. The fourth-order valence-electron chi connectivity index (χ4n) is 4.49. The summed E-state index contributed by atoms with van der Waals surface area (Å²) in [5.41, 5.74) is 7.39. The highest BCUT2D eigenvalue weighted by molar-refractivity contribution is 6.30. The molecule has 0 radical (unpaired) electrons. The molecule has 0 aliphatic heterocycles. The van der Waals surface area contributed by atoms with Crippen LogP contribution in [0.2, 0.25) is 5.02 Å². The Hall–Kier alpha value is -3.83. The van der Waals surface area contributed by atoms with Gasteiger partial charge < -0.3 is 9.88 Å². The van der Waals surface area contributed by atoms with Gasteiger partial charge in [0.1, 0.15) is 0 Å². The summed E-state index contributed by atoms with van der Waals surface area (Å²) in [4.78, 5) is 13.1. The lowest BCUT2D eigenvalue weighted by atomic mass is 10.1. The number of aryl methyl sites for hydroxylation is 2. The Bertz CT molecular complexity index is 1530. The molecular formula is C29H27ClN4O. The van der Waals surface area contributed by atoms with Crippen LogP contribution in [0.4, 0.5) is 5.82 Å². The molecule has 1 N–H and O–H groups in total. The van der Waals surface area contributed by atoms with Crippen molar-refractivity contribution in [3.63, 3.8) is 0 Å². The van der Waals surface area contributed by atoms with Crippen LogP contribution in [-0.2, 0) is 13.1 Å². The first kappa shape index (κ1) is 22.9. The van der Waals surface area contributed by atoms with Gasteiger partial charge in [-0.2, -0.15) is 5.10 Å². The zero-order chi connectivity index (χ0) is 24.5. The minimum absolute atomic E-state index is 0.174. The monoisotopic (exact) mass is 482 g/mol. The number of hydrogen-bond acceptors (Lipinski definition) is 2. The van der Waals surface area contributed by atoms with Gasteiger partial charge in [-0.05, 0) is 67.8 Å². The number of aromatic nitrogens is 3. The van der Waals surface area contributed by atoms with Crippen LogP contribution in [0, 0.1) is 20.8 Å². The zero-order valence-electron chi connectivity index (χ0n) is 20.0. The molecule has 5 nitrogen and oxygen atoms in total. The Balaban J connectivity index is 1.37. The molecule has 0 unspecified atom stereocenters. The highest BCUT2D eigenvalue weighted by Crippen LogP contribution is 2.27. The minimum atomic E-state index is -0.174. The maximum Gasteiger partial charge on any atom is 0.256 e. The summed E-state index contributed by atoms with van der Waals surface area (Å²) in [6.45, 7) is 7.60. The standard InChI is InChI=1S/C29H27ClN4O/c1-19-14-28(32-34(19)18-23-10-7-11-25(30)15-23)31-29(35)24-12-13-27-26(16-24)20(2)21(3)33(27)17-22-8-5-4-6-9-22/h4-16H,17-18H2,1-3H3,(H,31,32,35). The van der Waals surface area contributed by atoms with Gasteiger partial charge in [-0.15, -0.1) is 0 Å². The van der Waals surface area contributed by atoms with Crippen LogP contribution in [-0.4, -0.2) is 20.3 Å². The molecule has 0 aliphatic carbocycles. The largest absolute Gasteiger partial charge is 0.340 e. The van der Waals surface area contributed by atoms with Crippen molar-refractivity contribution in [2.24, 2.45) is 0 Å². The summed E-state index contributed by atoms with van der Waals surface area (Å²) in [5.74, 6) is 0.358. The van der Waals surface area contributed by atoms with E-state index in [1.54, 1.807) is 0 Å². The van der Waals surface area contributed by atoms with Crippen molar-refractivity contribution < 1.29 is 4.79 Å². The molecule has 176 valence electrons. The van der Waals surface area contributed by atoms with Crippen molar-refractivity contribution in [3.8, 4) is 0 Å². The van der Waals surface area contributed by atoms with Gasteiger partial charge >= 0.3 is 0 Å². The van der Waals surface area contributed by atoms with Crippen molar-refractivity contribution in [3.05, 3.63) is 118 Å². The minimum Gasteiger partial charge on any atom is -0.340 e. The summed E-state index contributed by atoms with van der Waals surface area (Å²) in [7, 11) is 0. The van der Waals surface area contributed by atoms with Gasteiger partial charge in [0.15, 0.2) is 5.82 Å². The fourth-order valence-corrected chi connectivity index (χ4v) is 4.70. The second kappa shape index (κ2) is 9.43. The van der Waals surface area contributed by atoms with Crippen molar-refractivity contribution in [1.29, 1.82) is 0 Å². The summed E-state index contributed by atoms with van der Waals surface area (Å²) < 4.78 is 4.17. The zero-order valence-corrected chi connectivity index (χ0v) is 20.8. The number of nitrogens with zero attached hydrogens (tertiary/aromatic N) is 3. The SMILES string of the molecule is Cc1c(C)n(Cc2ccccc2)c2ccc(C(=O)Nc3cc(C)n(Cc4cccc(Cl)c4)n3)cc12. The predicted octanol–water partition coefficient (Wildman–Crippen LogP) is 6.77. The predicted molar refractivity (Wildman–Crippen MR) is 142 cm³/mol. The van der Waals surface area contributed by atoms with Crippen molar-refractivity contribution in [2.75, 3.05) is 5.32 Å². The molecule has 3 aromatic carbocycles. The maximum absolute atomic E-state index is 13.1. The van der Waals surface area contributed by atoms with Crippen LogP contribution >= 0.6 is 11.6 Å². The number of rotatable bonds is 6. The first-order chi connectivity index (χ1) is 16.9. The number of anilines is 1. The van der Waals surface area contributed by atoms with E-state index in [1.807, 2.05) is 66.2 Å². The highest BCUT2D eigenvalue weighted by atomic mass is 35.5. The molecule has 0 bridgehead atoms. The van der Waals surface area contributed by atoms with Gasteiger partial charge in [0.2, 0.25) is 0 Å². The Morgan fingerprint density at radius 2 is 1.66 bits per heavy atom. The smallest absolute Gasteiger partial charge is 0.256 e. The number of nitrogens with one attached hydrogen (secondary N) is 1. The van der Waals surface area contributed by atoms with E-state index in [9.17, 15) is 4.79 Å². The number of carbonyl (C=O) groups is 1. The Kier molecular flexibility index (Phi) is 6.18. The number of amides is 1. The lowest BCUT2D eigenvalue weighted by molar-refractivity contribution is 0.102. The van der Waals surface area contributed by atoms with Gasteiger partial charge in [-0.25, -0.2) is 0 Å². The molecule has 0 saturated carbocycles. The molecule has 1 amide bonds. The number of hydrogen-bond donors (Lipinski definition) is 1. The molecule has 0 spiro atoms. The fraction of sp³-hybridized carbons (Fsp3) is 0.172. The van der Waals surface area contributed by atoms with E-state index in [2.05, 4.69) is 53.1 Å². The third kappa shape index (κ3) is 4.73. The molecule has 2 heterocycles.